The van der Waals surface area contributed by atoms with Gasteiger partial charge in [0, 0.05) is 11.6 Å². The predicted molar refractivity (Wildman–Crippen MR) is 82.4 cm³/mol. The van der Waals surface area contributed by atoms with Crippen molar-refractivity contribution in [3.05, 3.63) is 29.3 Å². The number of benzene rings is 1. The molecule has 1 aliphatic rings. The first-order valence-electron chi connectivity index (χ1n) is 7.30. The molecule has 1 aliphatic heterocycles. The van der Waals surface area contributed by atoms with Crippen LogP contribution < -0.4 is 9.47 Å². The van der Waals surface area contributed by atoms with Crippen molar-refractivity contribution >= 4 is 17.9 Å². The Morgan fingerprint density at radius 2 is 2.13 bits per heavy atom. The summed E-state index contributed by atoms with van der Waals surface area (Å²) in [6.07, 6.45) is 1.41. The van der Waals surface area contributed by atoms with Crippen LogP contribution in [0.2, 0.25) is 0 Å². The monoisotopic (exact) mass is 317 g/mol. The second-order valence-electron chi connectivity index (χ2n) is 5.25. The molecule has 0 saturated carbocycles. The van der Waals surface area contributed by atoms with Crippen LogP contribution in [0.1, 0.15) is 18.9 Å². The standard InChI is InChI=1S/C16H19N3O4/c1-4-12-15(13(20)8-18-17)19(16(12)21)9-10-5-6-11(22-2)7-14(10)23-3/h5-8,12,15H,4,9H2,1-3H3. The first-order chi connectivity index (χ1) is 11.1. The maximum Gasteiger partial charge on any atom is 0.325 e. The van der Waals surface area contributed by atoms with Gasteiger partial charge >= 0.3 is 6.21 Å². The zero-order valence-electron chi connectivity index (χ0n) is 13.4. The fraction of sp³-hybridized carbons (Fsp3) is 0.438. The van der Waals surface area contributed by atoms with Gasteiger partial charge in [-0.25, -0.2) is 0 Å². The molecule has 1 aromatic rings. The van der Waals surface area contributed by atoms with Crippen molar-refractivity contribution < 1.29 is 23.9 Å². The number of methoxy groups -OCH3 is 2. The third-order valence-corrected chi connectivity index (χ3v) is 4.07. The third-order valence-electron chi connectivity index (χ3n) is 4.07. The molecular formula is C16H19N3O4. The quantitative estimate of drug-likeness (QED) is 0.328. The van der Waals surface area contributed by atoms with E-state index in [1.807, 2.05) is 6.92 Å². The molecule has 0 aliphatic carbocycles. The Bertz CT molecular complexity index is 667. The van der Waals surface area contributed by atoms with Gasteiger partial charge in [0.05, 0.1) is 26.7 Å². The van der Waals surface area contributed by atoms with Crippen LogP contribution in [0.3, 0.4) is 0 Å². The van der Waals surface area contributed by atoms with Gasteiger partial charge in [-0.05, 0) is 18.6 Å². The minimum Gasteiger partial charge on any atom is -0.497 e. The summed E-state index contributed by atoms with van der Waals surface area (Å²) in [5.74, 6) is 0.386. The first-order valence-corrected chi connectivity index (χ1v) is 7.30. The van der Waals surface area contributed by atoms with E-state index in [0.29, 0.717) is 17.9 Å². The van der Waals surface area contributed by atoms with Crippen molar-refractivity contribution in [2.75, 3.05) is 14.2 Å². The Labute approximate surface area is 134 Å². The van der Waals surface area contributed by atoms with Crippen LogP contribution in [-0.4, -0.2) is 47.9 Å². The molecule has 23 heavy (non-hydrogen) atoms. The molecule has 1 fully saturated rings. The van der Waals surface area contributed by atoms with Gasteiger partial charge in [0.15, 0.2) is 0 Å². The zero-order valence-corrected chi connectivity index (χ0v) is 13.4. The Morgan fingerprint density at radius 3 is 2.70 bits per heavy atom. The first kappa shape index (κ1) is 16.7. The van der Waals surface area contributed by atoms with Crippen LogP contribution in [0.15, 0.2) is 18.2 Å². The van der Waals surface area contributed by atoms with E-state index >= 15 is 0 Å². The maximum absolute atomic E-state index is 12.2. The number of ketones is 1. The lowest BCUT2D eigenvalue weighted by Crippen LogP contribution is -2.63. The van der Waals surface area contributed by atoms with Gasteiger partial charge in [-0.2, -0.15) is 4.79 Å². The molecule has 1 saturated heterocycles. The van der Waals surface area contributed by atoms with Crippen molar-refractivity contribution in [1.82, 2.24) is 4.90 Å². The van der Waals surface area contributed by atoms with Gasteiger partial charge in [0.25, 0.3) is 5.78 Å². The molecule has 0 N–H and O–H groups in total. The highest BCUT2D eigenvalue weighted by atomic mass is 16.5. The summed E-state index contributed by atoms with van der Waals surface area (Å²) in [4.78, 5) is 28.5. The maximum atomic E-state index is 12.2. The number of β-lactam (4-membered cyclic amide) rings is 1. The van der Waals surface area contributed by atoms with E-state index in [1.165, 1.54) is 12.0 Å². The fourth-order valence-corrected chi connectivity index (χ4v) is 2.85. The highest BCUT2D eigenvalue weighted by molar-refractivity contribution is 6.30. The van der Waals surface area contributed by atoms with E-state index < -0.39 is 6.04 Å². The lowest BCUT2D eigenvalue weighted by Gasteiger charge is -2.45. The smallest absolute Gasteiger partial charge is 0.325 e. The number of amides is 1. The number of Topliss-reactive ketones (excluding diaryl/α,β-unsaturated/α-hetero) is 1. The van der Waals surface area contributed by atoms with Crippen LogP contribution >= 0.6 is 0 Å². The summed E-state index contributed by atoms with van der Waals surface area (Å²) < 4.78 is 10.5. The summed E-state index contributed by atoms with van der Waals surface area (Å²) in [6, 6.07) is 4.69. The molecular weight excluding hydrogens is 298 g/mol. The molecule has 0 aromatic heterocycles. The largest absolute Gasteiger partial charge is 0.497 e. The van der Waals surface area contributed by atoms with Gasteiger partial charge in [-0.1, -0.05) is 6.92 Å². The van der Waals surface area contributed by atoms with E-state index in [0.717, 1.165) is 11.8 Å². The molecule has 1 aromatic carbocycles. The summed E-state index contributed by atoms with van der Waals surface area (Å²) in [7, 11) is 3.09. The lowest BCUT2D eigenvalue weighted by molar-refractivity contribution is -0.162. The van der Waals surface area contributed by atoms with E-state index in [4.69, 9.17) is 15.0 Å². The molecule has 2 rings (SSSR count). The van der Waals surface area contributed by atoms with Crippen LogP contribution in [0.25, 0.3) is 5.53 Å². The van der Waals surface area contributed by atoms with Gasteiger partial charge in [-0.3, -0.25) is 9.59 Å². The van der Waals surface area contributed by atoms with Gasteiger partial charge in [-0.15, -0.1) is 0 Å². The molecule has 0 spiro atoms. The Balaban J connectivity index is 2.25. The van der Waals surface area contributed by atoms with Gasteiger partial charge < -0.3 is 19.9 Å². The number of hydrogen-bond acceptors (Lipinski definition) is 4. The predicted octanol–water partition coefficient (Wildman–Crippen LogP) is 1.31. The second-order valence-corrected chi connectivity index (χ2v) is 5.25. The average Bonchev–Trinajstić information content (AvgIpc) is 2.57. The molecule has 0 radical (unpaired) electrons. The molecule has 1 amide bonds. The number of likely N-dealkylation sites (tertiary alicyclic amines) is 1. The van der Waals surface area contributed by atoms with Crippen LogP contribution in [0.4, 0.5) is 0 Å². The number of carbonyl (C=O) groups excluding carboxylic acids is 2. The second kappa shape index (κ2) is 7.07. The van der Waals surface area contributed by atoms with Gasteiger partial charge in [0.2, 0.25) is 5.91 Å². The van der Waals surface area contributed by atoms with Crippen molar-refractivity contribution in [3.63, 3.8) is 0 Å². The number of carbonyl (C=O) groups is 2. The van der Waals surface area contributed by atoms with Crippen molar-refractivity contribution in [1.29, 1.82) is 0 Å². The normalized spacial score (nSPS) is 19.6. The lowest BCUT2D eigenvalue weighted by atomic mass is 9.82. The molecule has 7 heteroatoms. The Kier molecular flexibility index (Phi) is 5.13. The Hall–Kier alpha value is -2.66. The van der Waals surface area contributed by atoms with Crippen molar-refractivity contribution in [2.24, 2.45) is 5.92 Å². The van der Waals surface area contributed by atoms with E-state index in [9.17, 15) is 9.59 Å². The average molecular weight is 317 g/mol. The number of ether oxygens (including phenoxy) is 2. The summed E-state index contributed by atoms with van der Waals surface area (Å²) in [5, 5.41) is 0. The summed E-state index contributed by atoms with van der Waals surface area (Å²) in [6.45, 7) is 2.10. The number of rotatable bonds is 7. The van der Waals surface area contributed by atoms with E-state index in [1.54, 1.807) is 25.3 Å². The molecule has 1 heterocycles. The molecule has 2 atom stereocenters. The third kappa shape index (κ3) is 3.10. The highest BCUT2D eigenvalue weighted by Gasteiger charge is 2.50. The minimum atomic E-state index is -0.602. The van der Waals surface area contributed by atoms with Crippen molar-refractivity contribution in [3.8, 4) is 11.5 Å². The van der Waals surface area contributed by atoms with E-state index in [2.05, 4.69) is 4.79 Å². The van der Waals surface area contributed by atoms with Crippen LogP contribution in [-0.2, 0) is 16.1 Å². The molecule has 0 bridgehead atoms. The van der Waals surface area contributed by atoms with Gasteiger partial charge in [0.1, 0.15) is 17.5 Å². The van der Waals surface area contributed by atoms with Crippen LogP contribution in [0, 0.1) is 5.92 Å². The minimum absolute atomic E-state index is 0.0879. The zero-order chi connectivity index (χ0) is 17.0. The molecule has 122 valence electrons. The molecule has 2 unspecified atom stereocenters. The van der Waals surface area contributed by atoms with Crippen LogP contribution in [0.5, 0.6) is 11.5 Å². The number of hydrogen-bond donors (Lipinski definition) is 0. The topological polar surface area (TPSA) is 92.2 Å². The molecule has 7 nitrogen and oxygen atoms in total. The number of nitrogens with zero attached hydrogens (tertiary/aromatic N) is 3. The highest BCUT2D eigenvalue weighted by Crippen LogP contribution is 2.34. The van der Waals surface area contributed by atoms with Crippen molar-refractivity contribution in [2.45, 2.75) is 25.9 Å². The van der Waals surface area contributed by atoms with E-state index in [-0.39, 0.29) is 24.2 Å². The summed E-state index contributed by atoms with van der Waals surface area (Å²) in [5.41, 5.74) is 9.33. The fourth-order valence-electron chi connectivity index (χ4n) is 2.85. The summed E-state index contributed by atoms with van der Waals surface area (Å²) >= 11 is 0. The SMILES string of the molecule is CCC1C(=O)N(Cc2ccc(OC)cc2OC)C1C(=O)C=[N+]=[N-]. The Morgan fingerprint density at radius 1 is 1.39 bits per heavy atom.